The molecule has 0 spiro atoms. The first-order valence-corrected chi connectivity index (χ1v) is 5.60. The van der Waals surface area contributed by atoms with Crippen molar-refractivity contribution >= 4 is 0 Å². The number of nitrogens with two attached hydrogens (primary N) is 1. The zero-order chi connectivity index (χ0) is 10.8. The minimum atomic E-state index is -0.167. The maximum absolute atomic E-state index is 9.92. The Kier molecular flexibility index (Phi) is 3.93. The molecule has 2 atom stereocenters. The van der Waals surface area contributed by atoms with E-state index in [1.165, 1.54) is 6.42 Å². The topological polar surface area (TPSA) is 49.5 Å². The molecule has 3 N–H and O–H groups in total. The highest BCUT2D eigenvalue weighted by Gasteiger charge is 2.33. The van der Waals surface area contributed by atoms with Crippen LogP contribution in [0.25, 0.3) is 0 Å². The van der Waals surface area contributed by atoms with Crippen molar-refractivity contribution in [1.82, 2.24) is 4.90 Å². The van der Waals surface area contributed by atoms with E-state index in [9.17, 15) is 5.11 Å². The third-order valence-electron chi connectivity index (χ3n) is 3.65. The van der Waals surface area contributed by atoms with Crippen LogP contribution in [0.15, 0.2) is 0 Å². The molecule has 0 aliphatic heterocycles. The molecule has 0 saturated heterocycles. The number of rotatable bonds is 3. The van der Waals surface area contributed by atoms with Gasteiger partial charge >= 0.3 is 0 Å². The molecule has 14 heavy (non-hydrogen) atoms. The van der Waals surface area contributed by atoms with Gasteiger partial charge in [0.25, 0.3) is 0 Å². The van der Waals surface area contributed by atoms with Crippen molar-refractivity contribution in [3.05, 3.63) is 0 Å². The number of aliphatic hydroxyl groups is 1. The Morgan fingerprint density at radius 1 is 1.36 bits per heavy atom. The lowest BCUT2D eigenvalue weighted by atomic mass is 9.88. The summed E-state index contributed by atoms with van der Waals surface area (Å²) in [5.74, 6) is 0. The third kappa shape index (κ3) is 2.47. The van der Waals surface area contributed by atoms with Crippen LogP contribution in [0.2, 0.25) is 0 Å². The largest absolute Gasteiger partial charge is 0.391 e. The fraction of sp³-hybridized carbons (Fsp3) is 1.00. The van der Waals surface area contributed by atoms with Gasteiger partial charge in [-0.25, -0.2) is 0 Å². The van der Waals surface area contributed by atoms with Gasteiger partial charge in [-0.2, -0.15) is 0 Å². The molecule has 0 aromatic heterocycles. The van der Waals surface area contributed by atoms with E-state index in [4.69, 9.17) is 5.73 Å². The van der Waals surface area contributed by atoms with Crippen LogP contribution >= 0.6 is 0 Å². The monoisotopic (exact) mass is 200 g/mol. The molecular weight excluding hydrogens is 176 g/mol. The van der Waals surface area contributed by atoms with Gasteiger partial charge in [-0.1, -0.05) is 12.8 Å². The van der Waals surface area contributed by atoms with Crippen molar-refractivity contribution in [1.29, 1.82) is 0 Å². The molecule has 0 bridgehead atoms. The van der Waals surface area contributed by atoms with Crippen LogP contribution in [-0.2, 0) is 0 Å². The van der Waals surface area contributed by atoms with Gasteiger partial charge in [0.1, 0.15) is 0 Å². The highest BCUT2D eigenvalue weighted by Crippen LogP contribution is 2.26. The molecule has 0 amide bonds. The fourth-order valence-corrected chi connectivity index (χ4v) is 2.14. The SMILES string of the molecule is CN(C1CCCCC1O)C(C)(C)CN. The molecule has 84 valence electrons. The molecule has 0 aromatic carbocycles. The summed E-state index contributed by atoms with van der Waals surface area (Å²) in [5, 5.41) is 9.92. The Morgan fingerprint density at radius 2 is 1.93 bits per heavy atom. The molecule has 0 aromatic rings. The van der Waals surface area contributed by atoms with Gasteiger partial charge in [0.15, 0.2) is 0 Å². The minimum Gasteiger partial charge on any atom is -0.391 e. The van der Waals surface area contributed by atoms with Crippen molar-refractivity contribution < 1.29 is 5.11 Å². The Hall–Kier alpha value is -0.120. The second-order valence-electron chi connectivity index (χ2n) is 5.05. The average molecular weight is 200 g/mol. The maximum atomic E-state index is 9.92. The quantitative estimate of drug-likeness (QED) is 0.713. The van der Waals surface area contributed by atoms with E-state index in [2.05, 4.69) is 25.8 Å². The fourth-order valence-electron chi connectivity index (χ4n) is 2.14. The minimum absolute atomic E-state index is 0.0109. The molecule has 1 aliphatic carbocycles. The molecule has 0 radical (unpaired) electrons. The predicted octanol–water partition coefficient (Wildman–Crippen LogP) is 0.959. The molecule has 1 aliphatic rings. The summed E-state index contributed by atoms with van der Waals surface area (Å²) < 4.78 is 0. The maximum Gasteiger partial charge on any atom is 0.0695 e. The number of nitrogens with zero attached hydrogens (tertiary/aromatic N) is 1. The summed E-state index contributed by atoms with van der Waals surface area (Å²) in [4.78, 5) is 2.25. The molecule has 2 unspecified atom stereocenters. The summed E-state index contributed by atoms with van der Waals surface area (Å²) >= 11 is 0. The van der Waals surface area contributed by atoms with Gasteiger partial charge in [-0.3, -0.25) is 4.90 Å². The van der Waals surface area contributed by atoms with E-state index in [-0.39, 0.29) is 11.6 Å². The predicted molar refractivity (Wildman–Crippen MR) is 59.2 cm³/mol. The van der Waals surface area contributed by atoms with E-state index in [0.717, 1.165) is 19.3 Å². The smallest absolute Gasteiger partial charge is 0.0695 e. The lowest BCUT2D eigenvalue weighted by molar-refractivity contribution is -0.00982. The van der Waals surface area contributed by atoms with Crippen molar-refractivity contribution in [2.45, 2.75) is 57.2 Å². The van der Waals surface area contributed by atoms with Crippen LogP contribution in [-0.4, -0.2) is 41.3 Å². The first kappa shape index (κ1) is 12.0. The van der Waals surface area contributed by atoms with Gasteiger partial charge in [0.05, 0.1) is 6.10 Å². The highest BCUT2D eigenvalue weighted by atomic mass is 16.3. The Morgan fingerprint density at radius 3 is 2.43 bits per heavy atom. The summed E-state index contributed by atoms with van der Waals surface area (Å²) in [6, 6.07) is 0.294. The number of aliphatic hydroxyl groups excluding tert-OH is 1. The van der Waals surface area contributed by atoms with E-state index >= 15 is 0 Å². The van der Waals surface area contributed by atoms with Crippen LogP contribution < -0.4 is 5.73 Å². The normalized spacial score (nSPS) is 29.6. The van der Waals surface area contributed by atoms with Crippen LogP contribution in [0.1, 0.15) is 39.5 Å². The zero-order valence-corrected chi connectivity index (χ0v) is 9.66. The molecule has 1 saturated carbocycles. The first-order chi connectivity index (χ1) is 6.49. The van der Waals surface area contributed by atoms with Gasteiger partial charge in [0, 0.05) is 18.1 Å². The van der Waals surface area contributed by atoms with E-state index in [0.29, 0.717) is 12.6 Å². The summed E-state index contributed by atoms with van der Waals surface area (Å²) in [6.45, 7) is 4.90. The van der Waals surface area contributed by atoms with E-state index in [1.54, 1.807) is 0 Å². The standard InChI is InChI=1S/C11H24N2O/c1-11(2,8-12)13(3)9-6-4-5-7-10(9)14/h9-10,14H,4-8,12H2,1-3H3. The average Bonchev–Trinajstić information content (AvgIpc) is 2.17. The summed E-state index contributed by atoms with van der Waals surface area (Å²) in [7, 11) is 2.08. The van der Waals surface area contributed by atoms with Crippen molar-refractivity contribution in [3.63, 3.8) is 0 Å². The van der Waals surface area contributed by atoms with Crippen LogP contribution in [0.4, 0.5) is 0 Å². The molecule has 1 rings (SSSR count). The molecule has 3 heteroatoms. The van der Waals surface area contributed by atoms with Crippen molar-refractivity contribution in [3.8, 4) is 0 Å². The number of hydrogen-bond donors (Lipinski definition) is 2. The molecular formula is C11H24N2O. The van der Waals surface area contributed by atoms with Gasteiger partial charge in [-0.05, 0) is 33.7 Å². The number of likely N-dealkylation sites (N-methyl/N-ethyl adjacent to an activating group) is 1. The summed E-state index contributed by atoms with van der Waals surface area (Å²) in [5.41, 5.74) is 5.73. The van der Waals surface area contributed by atoms with Gasteiger partial charge < -0.3 is 10.8 Å². The Balaban J connectivity index is 2.62. The highest BCUT2D eigenvalue weighted by molar-refractivity contribution is 4.90. The second kappa shape index (κ2) is 4.60. The first-order valence-electron chi connectivity index (χ1n) is 5.60. The molecule has 0 heterocycles. The Bertz CT molecular complexity index is 182. The Labute approximate surface area is 87.3 Å². The zero-order valence-electron chi connectivity index (χ0n) is 9.66. The van der Waals surface area contributed by atoms with E-state index < -0.39 is 0 Å². The van der Waals surface area contributed by atoms with Crippen LogP contribution in [0.5, 0.6) is 0 Å². The van der Waals surface area contributed by atoms with Crippen LogP contribution in [0, 0.1) is 0 Å². The van der Waals surface area contributed by atoms with E-state index in [1.807, 2.05) is 0 Å². The lowest BCUT2D eigenvalue weighted by Crippen LogP contribution is -2.56. The second-order valence-corrected chi connectivity index (χ2v) is 5.05. The lowest BCUT2D eigenvalue weighted by Gasteiger charge is -2.44. The van der Waals surface area contributed by atoms with Gasteiger partial charge in [0.2, 0.25) is 0 Å². The van der Waals surface area contributed by atoms with Gasteiger partial charge in [-0.15, -0.1) is 0 Å². The number of hydrogen-bond acceptors (Lipinski definition) is 3. The van der Waals surface area contributed by atoms with Crippen LogP contribution in [0.3, 0.4) is 0 Å². The molecule has 3 nitrogen and oxygen atoms in total. The molecule has 1 fully saturated rings. The third-order valence-corrected chi connectivity index (χ3v) is 3.65. The summed E-state index contributed by atoms with van der Waals surface area (Å²) in [6.07, 6.45) is 4.26. The van der Waals surface area contributed by atoms with Crippen molar-refractivity contribution in [2.75, 3.05) is 13.6 Å². The van der Waals surface area contributed by atoms with Crippen molar-refractivity contribution in [2.24, 2.45) is 5.73 Å².